The number of phenols is 1. The molecule has 0 heterocycles. The molecule has 0 aromatic heterocycles. The molecule has 7 nitrogen and oxygen atoms in total. The minimum absolute atomic E-state index is 0.0333. The van der Waals surface area contributed by atoms with Crippen LogP contribution in [0.4, 0.5) is 0 Å². The Morgan fingerprint density at radius 3 is 2.52 bits per heavy atom. The summed E-state index contributed by atoms with van der Waals surface area (Å²) < 4.78 is 4.42. The van der Waals surface area contributed by atoms with Gasteiger partial charge in [-0.15, -0.1) is 0 Å². The second-order valence-electron chi connectivity index (χ2n) is 4.38. The summed E-state index contributed by atoms with van der Waals surface area (Å²) in [6.45, 7) is 0. The molecule has 114 valence electrons. The van der Waals surface area contributed by atoms with Crippen LogP contribution in [0.15, 0.2) is 24.3 Å². The lowest BCUT2D eigenvalue weighted by atomic mass is 10.1. The van der Waals surface area contributed by atoms with Crippen molar-refractivity contribution in [3.63, 3.8) is 0 Å². The molecular weight excluding hydrogens is 278 g/mol. The number of hydrogen-bond acceptors (Lipinski definition) is 5. The number of methoxy groups -OCH3 is 1. The van der Waals surface area contributed by atoms with E-state index in [9.17, 15) is 19.5 Å². The van der Waals surface area contributed by atoms with Crippen molar-refractivity contribution >= 4 is 17.8 Å². The van der Waals surface area contributed by atoms with Gasteiger partial charge in [0.25, 0.3) is 0 Å². The number of esters is 1. The van der Waals surface area contributed by atoms with Gasteiger partial charge in [-0.05, 0) is 12.5 Å². The highest BCUT2D eigenvalue weighted by molar-refractivity contribution is 5.85. The van der Waals surface area contributed by atoms with Crippen molar-refractivity contribution in [3.8, 4) is 5.75 Å². The molecule has 7 heteroatoms. The van der Waals surface area contributed by atoms with E-state index in [0.29, 0.717) is 5.56 Å². The molecule has 0 saturated heterocycles. The minimum Gasteiger partial charge on any atom is -0.508 e. The fourth-order valence-corrected chi connectivity index (χ4v) is 1.70. The summed E-state index contributed by atoms with van der Waals surface area (Å²) in [5.74, 6) is -2.36. The number of rotatable bonds is 7. The van der Waals surface area contributed by atoms with Crippen molar-refractivity contribution in [2.45, 2.75) is 25.3 Å². The Labute approximate surface area is 121 Å². The van der Waals surface area contributed by atoms with Gasteiger partial charge in [-0.2, -0.15) is 0 Å². The molecule has 0 saturated carbocycles. The Morgan fingerprint density at radius 2 is 1.95 bits per heavy atom. The van der Waals surface area contributed by atoms with Gasteiger partial charge in [0.05, 0.1) is 13.5 Å². The van der Waals surface area contributed by atoms with E-state index in [-0.39, 0.29) is 25.0 Å². The first-order valence-electron chi connectivity index (χ1n) is 6.30. The molecule has 0 aliphatic carbocycles. The van der Waals surface area contributed by atoms with Gasteiger partial charge in [0.1, 0.15) is 11.8 Å². The van der Waals surface area contributed by atoms with Gasteiger partial charge < -0.3 is 20.3 Å². The number of amides is 1. The van der Waals surface area contributed by atoms with E-state index in [1.54, 1.807) is 18.2 Å². The Bertz CT molecular complexity index is 528. The highest BCUT2D eigenvalue weighted by Gasteiger charge is 2.21. The number of carbonyl (C=O) groups excluding carboxylic acids is 2. The zero-order valence-corrected chi connectivity index (χ0v) is 11.5. The number of hydrogen-bond donors (Lipinski definition) is 3. The van der Waals surface area contributed by atoms with E-state index in [4.69, 9.17) is 5.11 Å². The molecule has 3 N–H and O–H groups in total. The number of carbonyl (C=O) groups is 3. The molecule has 1 aromatic rings. The van der Waals surface area contributed by atoms with Crippen molar-refractivity contribution in [2.75, 3.05) is 7.11 Å². The second kappa shape index (κ2) is 7.88. The summed E-state index contributed by atoms with van der Waals surface area (Å²) >= 11 is 0. The lowest BCUT2D eigenvalue weighted by Crippen LogP contribution is -2.41. The quantitative estimate of drug-likeness (QED) is 0.630. The van der Waals surface area contributed by atoms with Crippen molar-refractivity contribution in [1.29, 1.82) is 0 Å². The Morgan fingerprint density at radius 1 is 1.29 bits per heavy atom. The Kier molecular flexibility index (Phi) is 6.19. The van der Waals surface area contributed by atoms with Crippen LogP contribution < -0.4 is 5.32 Å². The zero-order valence-electron chi connectivity index (χ0n) is 11.5. The van der Waals surface area contributed by atoms with Crippen LogP contribution >= 0.6 is 0 Å². The maximum absolute atomic E-state index is 11.8. The Hall–Kier alpha value is -2.57. The van der Waals surface area contributed by atoms with Crippen LogP contribution in [0.1, 0.15) is 18.4 Å². The average molecular weight is 295 g/mol. The molecular formula is C14H17NO6. The van der Waals surface area contributed by atoms with Crippen LogP contribution in [0.25, 0.3) is 0 Å². The number of aliphatic carboxylic acids is 1. The highest BCUT2D eigenvalue weighted by Crippen LogP contribution is 2.16. The molecule has 0 spiro atoms. The molecule has 1 aromatic carbocycles. The Balaban J connectivity index is 2.58. The van der Waals surface area contributed by atoms with Crippen LogP contribution in [0.5, 0.6) is 5.75 Å². The van der Waals surface area contributed by atoms with Gasteiger partial charge >= 0.3 is 11.9 Å². The van der Waals surface area contributed by atoms with Crippen LogP contribution in [0.2, 0.25) is 0 Å². The number of carboxylic acid groups (broad SMARTS) is 1. The minimum atomic E-state index is -1.23. The summed E-state index contributed by atoms with van der Waals surface area (Å²) in [6.07, 6.45) is -0.312. The predicted octanol–water partition coefficient (Wildman–Crippen LogP) is 0.457. The van der Waals surface area contributed by atoms with Crippen LogP contribution in [0.3, 0.4) is 0 Å². The van der Waals surface area contributed by atoms with Crippen molar-refractivity contribution in [2.24, 2.45) is 0 Å². The third-order valence-corrected chi connectivity index (χ3v) is 2.84. The predicted molar refractivity (Wildman–Crippen MR) is 72.6 cm³/mol. The fraction of sp³-hybridized carbons (Fsp3) is 0.357. The van der Waals surface area contributed by atoms with E-state index in [1.165, 1.54) is 13.2 Å². The van der Waals surface area contributed by atoms with Gasteiger partial charge in [0.15, 0.2) is 0 Å². The SMILES string of the molecule is COC(=O)CCC(NC(=O)Cc1ccccc1O)C(=O)O. The number of aromatic hydroxyl groups is 1. The van der Waals surface area contributed by atoms with Gasteiger partial charge in [0, 0.05) is 12.0 Å². The number of carboxylic acids is 1. The van der Waals surface area contributed by atoms with Crippen LogP contribution in [0, 0.1) is 0 Å². The third kappa shape index (κ3) is 5.52. The van der Waals surface area contributed by atoms with Crippen molar-refractivity contribution in [1.82, 2.24) is 5.32 Å². The molecule has 0 fully saturated rings. The molecule has 0 bridgehead atoms. The topological polar surface area (TPSA) is 113 Å². The van der Waals surface area contributed by atoms with E-state index in [2.05, 4.69) is 10.1 Å². The molecule has 1 atom stereocenters. The summed E-state index contributed by atoms with van der Waals surface area (Å²) in [7, 11) is 1.20. The number of phenolic OH excluding ortho intramolecular Hbond substituents is 1. The summed E-state index contributed by atoms with van der Waals surface area (Å²) in [5, 5.41) is 20.9. The molecule has 1 amide bonds. The van der Waals surface area contributed by atoms with Gasteiger partial charge in [-0.3, -0.25) is 9.59 Å². The largest absolute Gasteiger partial charge is 0.508 e. The third-order valence-electron chi connectivity index (χ3n) is 2.84. The van der Waals surface area contributed by atoms with Gasteiger partial charge in [-0.25, -0.2) is 4.79 Å². The maximum Gasteiger partial charge on any atom is 0.326 e. The maximum atomic E-state index is 11.8. The molecule has 1 rings (SSSR count). The highest BCUT2D eigenvalue weighted by atomic mass is 16.5. The zero-order chi connectivity index (χ0) is 15.8. The molecule has 0 aliphatic heterocycles. The smallest absolute Gasteiger partial charge is 0.326 e. The average Bonchev–Trinajstić information content (AvgIpc) is 2.45. The van der Waals surface area contributed by atoms with Crippen LogP contribution in [-0.2, 0) is 25.5 Å². The number of para-hydroxylation sites is 1. The standard InChI is InChI=1S/C14H17NO6/c1-21-13(18)7-6-10(14(19)20)15-12(17)8-9-4-2-3-5-11(9)16/h2-5,10,16H,6-8H2,1H3,(H,15,17)(H,19,20). The van der Waals surface area contributed by atoms with E-state index in [1.807, 2.05) is 0 Å². The fourth-order valence-electron chi connectivity index (χ4n) is 1.70. The summed E-state index contributed by atoms with van der Waals surface area (Å²) in [5.41, 5.74) is 0.395. The van der Waals surface area contributed by atoms with Gasteiger partial charge in [0.2, 0.25) is 5.91 Å². The first kappa shape index (κ1) is 16.5. The number of ether oxygens (including phenoxy) is 1. The molecule has 0 aliphatic rings. The lowest BCUT2D eigenvalue weighted by Gasteiger charge is -2.14. The van der Waals surface area contributed by atoms with E-state index in [0.717, 1.165) is 0 Å². The number of nitrogens with one attached hydrogen (secondary N) is 1. The summed E-state index contributed by atoms with van der Waals surface area (Å²) in [4.78, 5) is 33.8. The first-order valence-corrected chi connectivity index (χ1v) is 6.30. The first-order chi connectivity index (χ1) is 9.93. The van der Waals surface area contributed by atoms with E-state index < -0.39 is 23.9 Å². The van der Waals surface area contributed by atoms with Crippen LogP contribution in [-0.4, -0.2) is 41.2 Å². The van der Waals surface area contributed by atoms with Crippen molar-refractivity contribution in [3.05, 3.63) is 29.8 Å². The lowest BCUT2D eigenvalue weighted by molar-refractivity contribution is -0.144. The molecule has 1 unspecified atom stereocenters. The summed E-state index contributed by atoms with van der Waals surface area (Å²) in [6, 6.07) is 5.11. The second-order valence-corrected chi connectivity index (χ2v) is 4.38. The van der Waals surface area contributed by atoms with E-state index >= 15 is 0 Å². The number of benzene rings is 1. The normalized spacial score (nSPS) is 11.5. The molecule has 0 radical (unpaired) electrons. The van der Waals surface area contributed by atoms with Gasteiger partial charge in [-0.1, -0.05) is 18.2 Å². The monoisotopic (exact) mass is 295 g/mol. The molecule has 21 heavy (non-hydrogen) atoms. The van der Waals surface area contributed by atoms with Crippen molar-refractivity contribution < 1.29 is 29.3 Å².